The molecule has 4 aromatic carbocycles. The lowest BCUT2D eigenvalue weighted by Gasteiger charge is -2.21. The Morgan fingerprint density at radius 1 is 0.632 bits per heavy atom. The highest BCUT2D eigenvalue weighted by molar-refractivity contribution is 5.91. The third-order valence-corrected chi connectivity index (χ3v) is 6.64. The quantitative estimate of drug-likeness (QED) is 0.196. The van der Waals surface area contributed by atoms with Crippen molar-refractivity contribution in [3.8, 4) is 51.6 Å². The molecule has 0 bridgehead atoms. The first kappa shape index (κ1) is 23.1. The van der Waals surface area contributed by atoms with Crippen LogP contribution in [0.25, 0.3) is 22.3 Å². The lowest BCUT2D eigenvalue weighted by molar-refractivity contribution is 0.222. The van der Waals surface area contributed by atoms with Crippen molar-refractivity contribution in [3.05, 3.63) is 99.7 Å². The van der Waals surface area contributed by atoms with Crippen LogP contribution in [0, 0.1) is 0 Å². The summed E-state index contributed by atoms with van der Waals surface area (Å²) in [6, 6.07) is 17.3. The van der Waals surface area contributed by atoms with E-state index in [0.29, 0.717) is 16.7 Å². The van der Waals surface area contributed by atoms with E-state index < -0.39 is 28.9 Å². The van der Waals surface area contributed by atoms with E-state index in [4.69, 9.17) is 9.15 Å². The Hall–Kier alpha value is -5.31. The van der Waals surface area contributed by atoms with Crippen LogP contribution in [0.3, 0.4) is 0 Å². The largest absolute Gasteiger partial charge is 0.508 e. The van der Waals surface area contributed by atoms with E-state index >= 15 is 0 Å². The Morgan fingerprint density at radius 2 is 1.24 bits per heavy atom. The summed E-state index contributed by atoms with van der Waals surface area (Å²) in [5, 5.41) is 61.5. The Bertz CT molecular complexity index is 1750. The van der Waals surface area contributed by atoms with Gasteiger partial charge in [-0.1, -0.05) is 12.1 Å². The molecule has 9 nitrogen and oxygen atoms in total. The number of fused-ring (bicyclic) bond motifs is 2. The molecular weight excluding hydrogens is 492 g/mol. The maximum atomic E-state index is 13.3. The molecule has 0 saturated carbocycles. The third kappa shape index (κ3) is 3.60. The number of phenols is 5. The molecule has 1 aliphatic heterocycles. The van der Waals surface area contributed by atoms with E-state index in [-0.39, 0.29) is 51.0 Å². The molecule has 0 amide bonds. The molecule has 1 aliphatic rings. The fourth-order valence-corrected chi connectivity index (χ4v) is 4.94. The van der Waals surface area contributed by atoms with Crippen molar-refractivity contribution >= 4 is 11.0 Å². The Morgan fingerprint density at radius 3 is 1.87 bits per heavy atom. The lowest BCUT2D eigenvalue weighted by Crippen LogP contribution is -2.11. The first-order valence-corrected chi connectivity index (χ1v) is 11.5. The maximum Gasteiger partial charge on any atom is 0.238 e. The van der Waals surface area contributed by atoms with E-state index in [0.717, 1.165) is 6.07 Å². The molecule has 6 rings (SSSR count). The van der Waals surface area contributed by atoms with Crippen LogP contribution in [0.5, 0.6) is 40.2 Å². The van der Waals surface area contributed by atoms with Crippen molar-refractivity contribution in [2.45, 2.75) is 12.0 Å². The zero-order chi connectivity index (χ0) is 26.7. The van der Waals surface area contributed by atoms with Gasteiger partial charge in [0, 0.05) is 23.3 Å². The highest BCUT2D eigenvalue weighted by Crippen LogP contribution is 2.55. The van der Waals surface area contributed by atoms with E-state index in [1.807, 2.05) is 0 Å². The average molecular weight is 512 g/mol. The Balaban J connectivity index is 1.61. The number of rotatable bonds is 3. The summed E-state index contributed by atoms with van der Waals surface area (Å²) in [4.78, 5) is 13.3. The van der Waals surface area contributed by atoms with Crippen molar-refractivity contribution in [3.63, 3.8) is 0 Å². The molecule has 0 fully saturated rings. The minimum atomic E-state index is -0.875. The molecule has 2 atom stereocenters. The Labute approximate surface area is 214 Å². The third-order valence-electron chi connectivity index (χ3n) is 6.64. The number of benzene rings is 4. The first-order valence-electron chi connectivity index (χ1n) is 11.5. The molecule has 6 N–H and O–H groups in total. The summed E-state index contributed by atoms with van der Waals surface area (Å²) in [7, 11) is 0. The molecule has 0 unspecified atom stereocenters. The van der Waals surface area contributed by atoms with E-state index in [2.05, 4.69) is 0 Å². The number of hydrogen-bond donors (Lipinski definition) is 6. The van der Waals surface area contributed by atoms with Crippen LogP contribution >= 0.6 is 0 Å². The van der Waals surface area contributed by atoms with Gasteiger partial charge in [0.05, 0.1) is 5.92 Å². The molecule has 5 aromatic rings. The first-order chi connectivity index (χ1) is 18.2. The zero-order valence-electron chi connectivity index (χ0n) is 19.5. The summed E-state index contributed by atoms with van der Waals surface area (Å²) in [6.07, 6.45) is -0.783. The summed E-state index contributed by atoms with van der Waals surface area (Å²) in [5.74, 6) is -2.36. The standard InChI is InChI=1S/C29H20O9/c30-16-5-1-13(2-6-16)28-22(15-9-18(32)11-19(33)10-15)23-20(37-28)12-21-24(25(23)34)26(35)27(36)29(38-21)14-3-7-17(31)8-4-14/h1-12,22,28,30-34,36H/t22-,28-/m1/s1. The number of hydrogen-bond acceptors (Lipinski definition) is 9. The van der Waals surface area contributed by atoms with Crippen molar-refractivity contribution in [2.75, 3.05) is 0 Å². The van der Waals surface area contributed by atoms with Gasteiger partial charge in [-0.2, -0.15) is 0 Å². The second-order valence-corrected chi connectivity index (χ2v) is 9.06. The SMILES string of the molecule is O=c1c(O)c(-c2ccc(O)cc2)oc2cc3c(c(O)c12)[C@@H](c1cc(O)cc(O)c1)[C@@H](c1ccc(O)cc1)O3. The second kappa shape index (κ2) is 8.38. The van der Waals surface area contributed by atoms with Crippen molar-refractivity contribution in [1.29, 1.82) is 0 Å². The van der Waals surface area contributed by atoms with Gasteiger partial charge < -0.3 is 39.8 Å². The Kier molecular flexibility index (Phi) is 5.09. The molecule has 1 aromatic heterocycles. The van der Waals surface area contributed by atoms with Crippen molar-refractivity contribution in [1.82, 2.24) is 0 Å². The van der Waals surface area contributed by atoms with Gasteiger partial charge in [-0.05, 0) is 59.7 Å². The molecule has 2 heterocycles. The van der Waals surface area contributed by atoms with Crippen LogP contribution in [-0.4, -0.2) is 30.6 Å². The predicted octanol–water partition coefficient (Wildman–Crippen LogP) is 4.96. The van der Waals surface area contributed by atoms with Crippen LogP contribution in [0.2, 0.25) is 0 Å². The van der Waals surface area contributed by atoms with Gasteiger partial charge in [0.2, 0.25) is 11.2 Å². The van der Waals surface area contributed by atoms with Crippen molar-refractivity contribution in [2.24, 2.45) is 0 Å². The van der Waals surface area contributed by atoms with Crippen molar-refractivity contribution < 1.29 is 39.8 Å². The van der Waals surface area contributed by atoms with Crippen LogP contribution in [0.1, 0.15) is 28.7 Å². The molecule has 0 aliphatic carbocycles. The molecule has 190 valence electrons. The zero-order valence-corrected chi connectivity index (χ0v) is 19.5. The number of ether oxygens (including phenoxy) is 1. The maximum absolute atomic E-state index is 13.3. The monoisotopic (exact) mass is 512 g/mol. The van der Waals surface area contributed by atoms with Gasteiger partial charge in [0.15, 0.2) is 5.76 Å². The lowest BCUT2D eigenvalue weighted by atomic mass is 9.84. The number of phenolic OH excluding ortho intramolecular Hbond substituents is 5. The summed E-state index contributed by atoms with van der Waals surface area (Å²) in [5.41, 5.74) is 0.613. The fraction of sp³-hybridized carbons (Fsp3) is 0.0690. The molecule has 0 radical (unpaired) electrons. The minimum Gasteiger partial charge on any atom is -0.508 e. The molecule has 38 heavy (non-hydrogen) atoms. The van der Waals surface area contributed by atoms with Gasteiger partial charge in [-0.3, -0.25) is 4.79 Å². The van der Waals surface area contributed by atoms with Gasteiger partial charge in [-0.25, -0.2) is 0 Å². The predicted molar refractivity (Wildman–Crippen MR) is 136 cm³/mol. The van der Waals surface area contributed by atoms with Gasteiger partial charge >= 0.3 is 0 Å². The van der Waals surface area contributed by atoms with Gasteiger partial charge in [0.1, 0.15) is 51.6 Å². The topological polar surface area (TPSA) is 161 Å². The molecule has 0 spiro atoms. The second-order valence-electron chi connectivity index (χ2n) is 9.06. The van der Waals surface area contributed by atoms with Crippen LogP contribution in [0.15, 0.2) is 82.0 Å². The van der Waals surface area contributed by atoms with Gasteiger partial charge in [0.25, 0.3) is 0 Å². The fourth-order valence-electron chi connectivity index (χ4n) is 4.94. The summed E-state index contributed by atoms with van der Waals surface area (Å²) < 4.78 is 12.1. The van der Waals surface area contributed by atoms with E-state index in [9.17, 15) is 35.4 Å². The smallest absolute Gasteiger partial charge is 0.238 e. The minimum absolute atomic E-state index is 0.00969. The van der Waals surface area contributed by atoms with E-state index in [1.165, 1.54) is 54.6 Å². The highest BCUT2D eigenvalue weighted by Gasteiger charge is 2.41. The molecule has 0 saturated heterocycles. The van der Waals surface area contributed by atoms with Crippen LogP contribution in [-0.2, 0) is 0 Å². The van der Waals surface area contributed by atoms with Crippen LogP contribution in [0.4, 0.5) is 0 Å². The molecular formula is C29H20O9. The van der Waals surface area contributed by atoms with E-state index in [1.54, 1.807) is 12.1 Å². The normalized spacial score (nSPS) is 16.3. The van der Waals surface area contributed by atoms with Gasteiger partial charge in [-0.15, -0.1) is 0 Å². The van der Waals surface area contributed by atoms with Crippen LogP contribution < -0.4 is 10.2 Å². The highest BCUT2D eigenvalue weighted by atomic mass is 16.5. The summed E-state index contributed by atoms with van der Waals surface area (Å²) in [6.45, 7) is 0. The number of aromatic hydroxyl groups is 6. The average Bonchev–Trinajstić information content (AvgIpc) is 3.26. The summed E-state index contributed by atoms with van der Waals surface area (Å²) >= 11 is 0. The molecule has 9 heteroatoms.